The van der Waals surface area contributed by atoms with E-state index in [9.17, 15) is 4.79 Å². The molecule has 2 rings (SSSR count). The van der Waals surface area contributed by atoms with Gasteiger partial charge in [-0.15, -0.1) is 0 Å². The maximum absolute atomic E-state index is 13.0. The highest BCUT2D eigenvalue weighted by Gasteiger charge is 2.32. The number of hydrogen-bond acceptors (Lipinski definition) is 1. The highest BCUT2D eigenvalue weighted by Crippen LogP contribution is 2.27. The van der Waals surface area contributed by atoms with E-state index in [0.717, 1.165) is 8.95 Å². The SMILES string of the molecule is [N-]=[N+]=CC(C(=O)C(C=[N+]=[N-])c1cccc(Br)c1)c1cccc(Br)c1. The highest BCUT2D eigenvalue weighted by molar-refractivity contribution is 9.10. The summed E-state index contributed by atoms with van der Waals surface area (Å²) in [6.45, 7) is 0. The lowest BCUT2D eigenvalue weighted by molar-refractivity contribution is -0.120. The van der Waals surface area contributed by atoms with Crippen LogP contribution in [0.5, 0.6) is 0 Å². The molecule has 24 heavy (non-hydrogen) atoms. The van der Waals surface area contributed by atoms with Crippen LogP contribution in [0.25, 0.3) is 11.1 Å². The molecule has 0 N–H and O–H groups in total. The summed E-state index contributed by atoms with van der Waals surface area (Å²) in [7, 11) is 0. The average Bonchev–Trinajstić information content (AvgIpc) is 2.57. The molecule has 120 valence electrons. The van der Waals surface area contributed by atoms with Crippen molar-refractivity contribution in [3.05, 3.63) is 79.7 Å². The Bertz CT molecular complexity index is 786. The third-order valence-corrected chi connectivity index (χ3v) is 4.45. The Morgan fingerprint density at radius 2 is 1.29 bits per heavy atom. The summed E-state index contributed by atoms with van der Waals surface area (Å²) < 4.78 is 1.61. The van der Waals surface area contributed by atoms with E-state index in [2.05, 4.69) is 41.4 Å². The Balaban J connectivity index is 2.49. The molecule has 0 bridgehead atoms. The Kier molecular flexibility index (Phi) is 6.53. The normalized spacial score (nSPS) is 12.4. The van der Waals surface area contributed by atoms with Crippen molar-refractivity contribution in [3.63, 3.8) is 0 Å². The van der Waals surface area contributed by atoms with Gasteiger partial charge in [-0.05, 0) is 35.4 Å². The number of halogens is 2. The number of Topliss-reactive ketones (excluding diaryl/α,β-unsaturated/α-hetero) is 1. The zero-order valence-corrected chi connectivity index (χ0v) is 15.6. The van der Waals surface area contributed by atoms with Gasteiger partial charge < -0.3 is 11.1 Å². The molecule has 2 atom stereocenters. The highest BCUT2D eigenvalue weighted by atomic mass is 79.9. The number of carbonyl (C=O) groups is 1. The van der Waals surface area contributed by atoms with Crippen LogP contribution in [0.4, 0.5) is 0 Å². The molecule has 0 spiro atoms. The Morgan fingerprint density at radius 1 is 0.875 bits per heavy atom. The van der Waals surface area contributed by atoms with Crippen molar-refractivity contribution in [2.24, 2.45) is 0 Å². The first-order valence-corrected chi connectivity index (χ1v) is 8.55. The van der Waals surface area contributed by atoms with Crippen molar-refractivity contribution in [2.75, 3.05) is 0 Å². The summed E-state index contributed by atoms with van der Waals surface area (Å²) in [5, 5.41) is 0. The number of ketones is 1. The molecule has 5 nitrogen and oxygen atoms in total. The summed E-state index contributed by atoms with van der Waals surface area (Å²) in [6.07, 6.45) is 2.33. The molecular formula is C17H12Br2N4O. The van der Waals surface area contributed by atoms with Crippen molar-refractivity contribution < 1.29 is 14.4 Å². The van der Waals surface area contributed by atoms with Crippen molar-refractivity contribution in [1.29, 1.82) is 0 Å². The minimum Gasteiger partial charge on any atom is -0.362 e. The smallest absolute Gasteiger partial charge is 0.272 e. The fourth-order valence-corrected chi connectivity index (χ4v) is 3.21. The first kappa shape index (κ1) is 18.2. The quantitative estimate of drug-likeness (QED) is 0.369. The maximum atomic E-state index is 13.0. The van der Waals surface area contributed by atoms with Crippen LogP contribution >= 0.6 is 31.9 Å². The van der Waals surface area contributed by atoms with Crippen molar-refractivity contribution in [2.45, 2.75) is 11.8 Å². The van der Waals surface area contributed by atoms with Crippen molar-refractivity contribution in [1.82, 2.24) is 0 Å². The van der Waals surface area contributed by atoms with E-state index in [1.54, 1.807) is 36.4 Å². The predicted octanol–water partition coefficient (Wildman–Crippen LogP) is 4.25. The molecule has 2 aromatic carbocycles. The second-order valence-corrected chi connectivity index (χ2v) is 6.83. The van der Waals surface area contributed by atoms with E-state index in [-0.39, 0.29) is 5.78 Å². The molecule has 0 amide bonds. The molecule has 2 unspecified atom stereocenters. The van der Waals surface area contributed by atoms with Gasteiger partial charge >= 0.3 is 0 Å². The lowest BCUT2D eigenvalue weighted by Crippen LogP contribution is -2.23. The minimum atomic E-state index is -0.783. The van der Waals surface area contributed by atoms with E-state index in [1.807, 2.05) is 12.1 Å². The number of benzene rings is 2. The van der Waals surface area contributed by atoms with Crippen LogP contribution in [0.1, 0.15) is 23.0 Å². The van der Waals surface area contributed by atoms with Gasteiger partial charge in [0.15, 0.2) is 5.78 Å². The Hall–Kier alpha value is -2.17. The molecule has 0 aromatic heterocycles. The van der Waals surface area contributed by atoms with Gasteiger partial charge in [-0.1, -0.05) is 56.1 Å². The molecule has 0 radical (unpaired) electrons. The fourth-order valence-electron chi connectivity index (χ4n) is 2.37. The van der Waals surface area contributed by atoms with Crippen LogP contribution in [-0.2, 0) is 4.79 Å². The zero-order chi connectivity index (χ0) is 17.5. The number of hydrogen-bond donors (Lipinski definition) is 0. The molecule has 0 aliphatic carbocycles. The van der Waals surface area contributed by atoms with Crippen LogP contribution in [0, 0.1) is 0 Å². The molecule has 0 aliphatic rings. The lowest BCUT2D eigenvalue weighted by Gasteiger charge is -2.13. The molecule has 2 aromatic rings. The van der Waals surface area contributed by atoms with E-state index in [1.165, 1.54) is 12.4 Å². The van der Waals surface area contributed by atoms with Crippen molar-refractivity contribution in [3.8, 4) is 0 Å². The third kappa shape index (κ3) is 4.43. The van der Waals surface area contributed by atoms with Gasteiger partial charge in [0.2, 0.25) is 0 Å². The third-order valence-electron chi connectivity index (χ3n) is 3.46. The van der Waals surface area contributed by atoms with Gasteiger partial charge in [-0.25, -0.2) is 0 Å². The lowest BCUT2D eigenvalue weighted by atomic mass is 9.85. The molecule has 0 aliphatic heterocycles. The first-order valence-electron chi connectivity index (χ1n) is 6.96. The number of carbonyl (C=O) groups excluding carboxylic acids is 1. The van der Waals surface area contributed by atoms with Gasteiger partial charge in [0, 0.05) is 8.95 Å². The largest absolute Gasteiger partial charge is 0.362 e. The topological polar surface area (TPSA) is 89.9 Å². The molecule has 7 heteroatoms. The van der Waals surface area contributed by atoms with Crippen LogP contribution in [0.3, 0.4) is 0 Å². The summed E-state index contributed by atoms with van der Waals surface area (Å²) in [5.74, 6) is -1.84. The van der Waals surface area contributed by atoms with Crippen LogP contribution in [0.2, 0.25) is 0 Å². The summed E-state index contributed by atoms with van der Waals surface area (Å²) in [6, 6.07) is 14.3. The van der Waals surface area contributed by atoms with Gasteiger partial charge in [-0.2, -0.15) is 9.58 Å². The number of rotatable bonds is 6. The van der Waals surface area contributed by atoms with E-state index in [0.29, 0.717) is 11.1 Å². The predicted molar refractivity (Wildman–Crippen MR) is 98.1 cm³/mol. The van der Waals surface area contributed by atoms with Crippen molar-refractivity contribution >= 4 is 50.1 Å². The molecule has 0 heterocycles. The maximum Gasteiger partial charge on any atom is 0.272 e. The van der Waals surface area contributed by atoms with E-state index >= 15 is 0 Å². The van der Waals surface area contributed by atoms with Gasteiger partial charge in [0.1, 0.15) is 11.8 Å². The van der Waals surface area contributed by atoms with E-state index in [4.69, 9.17) is 11.1 Å². The molecule has 0 fully saturated rings. The van der Waals surface area contributed by atoms with E-state index < -0.39 is 11.8 Å². The number of nitrogens with zero attached hydrogens (tertiary/aromatic N) is 4. The van der Waals surface area contributed by atoms with Crippen LogP contribution < -0.4 is 0 Å². The Morgan fingerprint density at radius 3 is 1.62 bits per heavy atom. The molecular weight excluding hydrogens is 436 g/mol. The second-order valence-electron chi connectivity index (χ2n) is 5.00. The standard InChI is InChI=1S/C17H12Br2N4O/c18-13-5-1-3-11(7-13)15(9-22-20)17(24)16(10-23-21)12-4-2-6-14(19)8-12/h1-10,15-16H. The fraction of sp³-hybridized carbons (Fsp3) is 0.118. The first-order chi connectivity index (χ1) is 11.6. The average molecular weight is 448 g/mol. The zero-order valence-electron chi connectivity index (χ0n) is 12.4. The van der Waals surface area contributed by atoms with Gasteiger partial charge in [-0.3, -0.25) is 4.79 Å². The van der Waals surface area contributed by atoms with Gasteiger partial charge in [0.05, 0.1) is 0 Å². The molecule has 0 saturated heterocycles. The minimum absolute atomic E-state index is 0.276. The summed E-state index contributed by atoms with van der Waals surface area (Å²) in [5.41, 5.74) is 19.2. The second kappa shape index (κ2) is 8.62. The van der Waals surface area contributed by atoms with Crippen LogP contribution in [0.15, 0.2) is 57.5 Å². The monoisotopic (exact) mass is 446 g/mol. The summed E-state index contributed by atoms with van der Waals surface area (Å²) in [4.78, 5) is 19.1. The molecule has 0 saturated carbocycles. The van der Waals surface area contributed by atoms with Crippen LogP contribution in [-0.4, -0.2) is 27.8 Å². The summed E-state index contributed by atoms with van der Waals surface area (Å²) >= 11 is 6.72. The van der Waals surface area contributed by atoms with Gasteiger partial charge in [0.25, 0.3) is 12.4 Å². The Labute approximate surface area is 155 Å².